The van der Waals surface area contributed by atoms with Crippen LogP contribution in [0.1, 0.15) is 5.56 Å². The van der Waals surface area contributed by atoms with Gasteiger partial charge in [-0.2, -0.15) is 4.39 Å². The largest absolute Gasteiger partial charge is 0.494 e. The highest BCUT2D eigenvalue weighted by atomic mass is 19.2. The van der Waals surface area contributed by atoms with E-state index in [1.807, 2.05) is 0 Å². The highest BCUT2D eigenvalue weighted by Gasteiger charge is 2.09. The van der Waals surface area contributed by atoms with Crippen molar-refractivity contribution >= 4 is 6.08 Å². The van der Waals surface area contributed by atoms with E-state index < -0.39 is 11.6 Å². The van der Waals surface area contributed by atoms with E-state index in [4.69, 9.17) is 5.73 Å². The van der Waals surface area contributed by atoms with Gasteiger partial charge in [-0.3, -0.25) is 0 Å². The number of hydrogen-bond donors (Lipinski definition) is 1. The molecule has 2 N–H and O–H groups in total. The average Bonchev–Trinajstić information content (AvgIpc) is 2.19. The summed E-state index contributed by atoms with van der Waals surface area (Å²) in [7, 11) is 1.29. The molecular weight excluding hydrogens is 188 g/mol. The lowest BCUT2D eigenvalue weighted by Gasteiger charge is -2.03. The van der Waals surface area contributed by atoms with E-state index in [0.29, 0.717) is 12.1 Å². The molecule has 2 nitrogen and oxygen atoms in total. The van der Waals surface area contributed by atoms with E-state index in [2.05, 4.69) is 4.74 Å². The maximum absolute atomic E-state index is 13.0. The van der Waals surface area contributed by atoms with Crippen LogP contribution >= 0.6 is 0 Å². The molecule has 0 heterocycles. The van der Waals surface area contributed by atoms with Crippen LogP contribution in [0.5, 0.6) is 5.75 Å². The molecule has 4 heteroatoms. The lowest BCUT2D eigenvalue weighted by molar-refractivity contribution is 0.371. The first-order chi connectivity index (χ1) is 6.69. The highest BCUT2D eigenvalue weighted by molar-refractivity contribution is 5.52. The van der Waals surface area contributed by atoms with Crippen molar-refractivity contribution in [2.24, 2.45) is 5.73 Å². The number of ether oxygens (including phenoxy) is 1. The van der Waals surface area contributed by atoms with E-state index in [-0.39, 0.29) is 5.75 Å². The molecule has 0 aliphatic carbocycles. The highest BCUT2D eigenvalue weighted by Crippen LogP contribution is 2.22. The quantitative estimate of drug-likeness (QED) is 0.807. The van der Waals surface area contributed by atoms with Gasteiger partial charge in [-0.1, -0.05) is 12.2 Å². The van der Waals surface area contributed by atoms with Crippen molar-refractivity contribution in [2.45, 2.75) is 0 Å². The lowest BCUT2D eigenvalue weighted by Crippen LogP contribution is -1.94. The molecular formula is C10H11F2NO. The van der Waals surface area contributed by atoms with Crippen molar-refractivity contribution in [2.75, 3.05) is 13.7 Å². The first-order valence-corrected chi connectivity index (χ1v) is 4.08. The smallest absolute Gasteiger partial charge is 0.200 e. The predicted octanol–water partition coefficient (Wildman–Crippen LogP) is 1.95. The molecule has 0 atom stereocenters. The minimum absolute atomic E-state index is 0.110. The van der Waals surface area contributed by atoms with Gasteiger partial charge in [-0.15, -0.1) is 0 Å². The van der Waals surface area contributed by atoms with E-state index in [1.165, 1.54) is 13.2 Å². The van der Waals surface area contributed by atoms with Crippen LogP contribution in [0.3, 0.4) is 0 Å². The van der Waals surface area contributed by atoms with Crippen molar-refractivity contribution in [1.29, 1.82) is 0 Å². The van der Waals surface area contributed by atoms with Gasteiger partial charge in [-0.05, 0) is 17.7 Å². The Morgan fingerprint density at radius 1 is 1.43 bits per heavy atom. The van der Waals surface area contributed by atoms with Crippen molar-refractivity contribution in [3.8, 4) is 5.75 Å². The second-order valence-electron chi connectivity index (χ2n) is 2.66. The van der Waals surface area contributed by atoms with Gasteiger partial charge in [-0.25, -0.2) is 4.39 Å². The minimum Gasteiger partial charge on any atom is -0.494 e. The molecule has 0 amide bonds. The molecule has 14 heavy (non-hydrogen) atoms. The molecule has 1 aromatic rings. The molecule has 76 valence electrons. The first-order valence-electron chi connectivity index (χ1n) is 4.08. The molecule has 0 aliphatic heterocycles. The summed E-state index contributed by atoms with van der Waals surface area (Å²) in [5.74, 6) is -2.01. The van der Waals surface area contributed by atoms with Crippen LogP contribution in [0.2, 0.25) is 0 Å². The molecule has 1 rings (SSSR count). The van der Waals surface area contributed by atoms with Gasteiger partial charge in [0.15, 0.2) is 11.6 Å². The molecule has 0 bridgehead atoms. The molecule has 0 aromatic heterocycles. The first kappa shape index (κ1) is 10.7. The summed E-state index contributed by atoms with van der Waals surface area (Å²) in [5, 5.41) is 0. The fourth-order valence-corrected chi connectivity index (χ4v) is 1.03. The summed E-state index contributed by atoms with van der Waals surface area (Å²) in [6.45, 7) is 0.349. The summed E-state index contributed by atoms with van der Waals surface area (Å²) in [6, 6.07) is 2.49. The van der Waals surface area contributed by atoms with Crippen molar-refractivity contribution < 1.29 is 13.5 Å². The molecule has 0 saturated carbocycles. The number of rotatable bonds is 3. The zero-order valence-corrected chi connectivity index (χ0v) is 7.76. The Hall–Kier alpha value is -1.42. The predicted molar refractivity (Wildman–Crippen MR) is 51.0 cm³/mol. The van der Waals surface area contributed by atoms with Gasteiger partial charge >= 0.3 is 0 Å². The van der Waals surface area contributed by atoms with Gasteiger partial charge in [0.25, 0.3) is 0 Å². The molecule has 0 radical (unpaired) electrons. The zero-order chi connectivity index (χ0) is 10.6. The summed E-state index contributed by atoms with van der Waals surface area (Å²) >= 11 is 0. The number of halogens is 2. The molecule has 0 saturated heterocycles. The van der Waals surface area contributed by atoms with Crippen LogP contribution in [0, 0.1) is 11.6 Å². The maximum atomic E-state index is 13.0. The summed E-state index contributed by atoms with van der Waals surface area (Å²) in [6.07, 6.45) is 3.25. The van der Waals surface area contributed by atoms with Gasteiger partial charge in [0.1, 0.15) is 0 Å². The van der Waals surface area contributed by atoms with E-state index >= 15 is 0 Å². The average molecular weight is 199 g/mol. The Morgan fingerprint density at radius 3 is 2.71 bits per heavy atom. The van der Waals surface area contributed by atoms with Crippen LogP contribution in [0.4, 0.5) is 8.78 Å². The Labute approximate surface area is 81.0 Å². The molecule has 0 fully saturated rings. The topological polar surface area (TPSA) is 35.2 Å². The molecule has 1 aromatic carbocycles. The second kappa shape index (κ2) is 4.72. The van der Waals surface area contributed by atoms with Crippen LogP contribution in [0.15, 0.2) is 18.2 Å². The monoisotopic (exact) mass is 199 g/mol. The van der Waals surface area contributed by atoms with Crippen molar-refractivity contribution in [3.63, 3.8) is 0 Å². The Morgan fingerprint density at radius 2 is 2.14 bits per heavy atom. The van der Waals surface area contributed by atoms with Crippen molar-refractivity contribution in [3.05, 3.63) is 35.4 Å². The Balaban J connectivity index is 3.09. The number of methoxy groups -OCH3 is 1. The second-order valence-corrected chi connectivity index (χ2v) is 2.66. The van der Waals surface area contributed by atoms with Gasteiger partial charge in [0, 0.05) is 6.54 Å². The third-order valence-corrected chi connectivity index (χ3v) is 1.68. The summed E-state index contributed by atoms with van der Waals surface area (Å²) in [5.41, 5.74) is 5.75. The van der Waals surface area contributed by atoms with Gasteiger partial charge in [0.2, 0.25) is 5.82 Å². The van der Waals surface area contributed by atoms with E-state index in [1.54, 1.807) is 12.2 Å². The summed E-state index contributed by atoms with van der Waals surface area (Å²) < 4.78 is 30.6. The molecule has 0 aliphatic rings. The van der Waals surface area contributed by atoms with Crippen LogP contribution in [-0.2, 0) is 0 Å². The molecule has 0 spiro atoms. The van der Waals surface area contributed by atoms with Crippen LogP contribution in [-0.4, -0.2) is 13.7 Å². The standard InChI is InChI=1S/C10H11F2NO/c1-14-9-6-7(3-2-4-13)5-8(11)10(9)12/h2-3,5-6H,4,13H2,1H3. The Kier molecular flexibility index (Phi) is 3.59. The minimum atomic E-state index is -0.975. The van der Waals surface area contributed by atoms with Gasteiger partial charge < -0.3 is 10.5 Å². The van der Waals surface area contributed by atoms with Gasteiger partial charge in [0.05, 0.1) is 7.11 Å². The SMILES string of the molecule is COc1cc(C=CCN)cc(F)c1F. The number of nitrogens with two attached hydrogens (primary N) is 1. The van der Waals surface area contributed by atoms with Crippen LogP contribution in [0.25, 0.3) is 6.08 Å². The third-order valence-electron chi connectivity index (χ3n) is 1.68. The number of benzene rings is 1. The van der Waals surface area contributed by atoms with E-state index in [0.717, 1.165) is 6.07 Å². The Bertz CT molecular complexity index is 350. The molecule has 0 unspecified atom stereocenters. The van der Waals surface area contributed by atoms with Crippen molar-refractivity contribution in [1.82, 2.24) is 0 Å². The zero-order valence-electron chi connectivity index (χ0n) is 7.76. The lowest BCUT2D eigenvalue weighted by atomic mass is 10.2. The fourth-order valence-electron chi connectivity index (χ4n) is 1.03. The third kappa shape index (κ3) is 2.29. The fraction of sp³-hybridized carbons (Fsp3) is 0.200. The number of hydrogen-bond acceptors (Lipinski definition) is 2. The summed E-state index contributed by atoms with van der Waals surface area (Å²) in [4.78, 5) is 0. The van der Waals surface area contributed by atoms with Crippen LogP contribution < -0.4 is 10.5 Å². The normalized spacial score (nSPS) is 10.9. The van der Waals surface area contributed by atoms with E-state index in [9.17, 15) is 8.78 Å². The maximum Gasteiger partial charge on any atom is 0.200 e.